The molecule has 0 spiro atoms. The number of carbonyl (C=O) groups excluding carboxylic acids is 1. The molecule has 0 fully saturated rings. The van der Waals surface area contributed by atoms with Gasteiger partial charge >= 0.3 is 0 Å². The zero-order valence-electron chi connectivity index (χ0n) is 16.9. The van der Waals surface area contributed by atoms with Crippen molar-refractivity contribution in [1.29, 1.82) is 5.26 Å². The monoisotopic (exact) mass is 495 g/mol. The van der Waals surface area contributed by atoms with Crippen LogP contribution in [0.4, 0.5) is 0 Å². The number of nitrogens with zero attached hydrogens (tertiary/aromatic N) is 3. The molecule has 0 aliphatic carbocycles. The van der Waals surface area contributed by atoms with Crippen molar-refractivity contribution in [2.45, 2.75) is 32.7 Å². The molecule has 0 saturated carbocycles. The molecule has 0 atom stereocenters. The molecule has 4 rings (SSSR count). The van der Waals surface area contributed by atoms with Crippen LogP contribution in [-0.4, -0.2) is 15.8 Å². The Labute approximate surface area is 193 Å². The number of fused-ring (bicyclic) bond motifs is 1. The second-order valence-corrected chi connectivity index (χ2v) is 8.44. The Morgan fingerprint density at radius 1 is 1.29 bits per heavy atom. The molecule has 2 aromatic heterocycles. The summed E-state index contributed by atoms with van der Waals surface area (Å²) in [5, 5.41) is 11.2. The SMILES string of the molecule is CCCCc1nc(Cl)c(C=O)n1Cc1ccc(Br)c(-c2cc3ccccc3o2)c1C#N. The van der Waals surface area contributed by atoms with E-state index in [1.54, 1.807) is 4.57 Å². The van der Waals surface area contributed by atoms with Crippen molar-refractivity contribution in [1.82, 2.24) is 9.55 Å². The first-order valence-electron chi connectivity index (χ1n) is 9.97. The van der Waals surface area contributed by atoms with Gasteiger partial charge in [0.1, 0.15) is 28.9 Å². The predicted molar refractivity (Wildman–Crippen MR) is 124 cm³/mol. The fourth-order valence-corrected chi connectivity index (χ4v) is 4.46. The van der Waals surface area contributed by atoms with Crippen LogP contribution >= 0.6 is 27.5 Å². The molecule has 0 aliphatic rings. The molecule has 31 heavy (non-hydrogen) atoms. The molecule has 0 aliphatic heterocycles. The first-order valence-corrected chi connectivity index (χ1v) is 11.1. The minimum absolute atomic E-state index is 0.189. The zero-order chi connectivity index (χ0) is 22.0. The molecule has 4 aromatic rings. The number of carbonyl (C=O) groups is 1. The molecule has 5 nitrogen and oxygen atoms in total. The highest BCUT2D eigenvalue weighted by molar-refractivity contribution is 9.10. The molecule has 0 amide bonds. The maximum atomic E-state index is 11.7. The average Bonchev–Trinajstić information content (AvgIpc) is 3.33. The van der Waals surface area contributed by atoms with Crippen molar-refractivity contribution in [3.05, 3.63) is 74.7 Å². The van der Waals surface area contributed by atoms with Crippen molar-refractivity contribution < 1.29 is 9.21 Å². The van der Waals surface area contributed by atoms with Crippen LogP contribution in [0.5, 0.6) is 0 Å². The van der Waals surface area contributed by atoms with Crippen LogP contribution in [0.1, 0.15) is 47.2 Å². The molecule has 0 radical (unpaired) electrons. The number of aldehydes is 1. The quantitative estimate of drug-likeness (QED) is 0.264. The Kier molecular flexibility index (Phi) is 6.26. The molecule has 0 unspecified atom stereocenters. The Balaban J connectivity index is 1.84. The summed E-state index contributed by atoms with van der Waals surface area (Å²) in [4.78, 5) is 16.1. The van der Waals surface area contributed by atoms with Crippen molar-refractivity contribution in [3.63, 3.8) is 0 Å². The summed E-state index contributed by atoms with van der Waals surface area (Å²) in [6, 6.07) is 15.7. The Bertz CT molecular complexity index is 1280. The van der Waals surface area contributed by atoms with Crippen LogP contribution in [0.2, 0.25) is 5.15 Å². The summed E-state index contributed by atoms with van der Waals surface area (Å²) >= 11 is 9.79. The average molecular weight is 497 g/mol. The number of aryl methyl sites for hydroxylation is 1. The standard InChI is InChI=1S/C24H19BrClN3O2/c1-2-3-8-22-28-24(26)19(14-30)29(22)13-16-9-10-18(25)23(17(16)12-27)21-11-15-6-4-5-7-20(15)31-21/h4-7,9-11,14H,2-3,8,13H2,1H3. The molecule has 2 aromatic carbocycles. The smallest absolute Gasteiger partial charge is 0.169 e. The van der Waals surface area contributed by atoms with E-state index < -0.39 is 0 Å². The molecule has 7 heteroatoms. The lowest BCUT2D eigenvalue weighted by Gasteiger charge is -2.14. The Morgan fingerprint density at radius 2 is 2.10 bits per heavy atom. The van der Waals surface area contributed by atoms with Crippen molar-refractivity contribution in [2.24, 2.45) is 0 Å². The van der Waals surface area contributed by atoms with E-state index in [0.29, 0.717) is 35.5 Å². The van der Waals surface area contributed by atoms with Gasteiger partial charge in [-0.3, -0.25) is 4.79 Å². The van der Waals surface area contributed by atoms with Gasteiger partial charge in [-0.25, -0.2) is 4.98 Å². The number of hydrogen-bond acceptors (Lipinski definition) is 4. The van der Waals surface area contributed by atoms with Crippen LogP contribution < -0.4 is 0 Å². The molecule has 0 saturated heterocycles. The number of nitriles is 1. The number of halogens is 2. The zero-order valence-corrected chi connectivity index (χ0v) is 19.2. The van der Waals surface area contributed by atoms with E-state index >= 15 is 0 Å². The number of imidazole rings is 1. The fraction of sp³-hybridized carbons (Fsp3) is 0.208. The molecular weight excluding hydrogens is 478 g/mol. The van der Waals surface area contributed by atoms with Crippen LogP contribution in [0.25, 0.3) is 22.3 Å². The minimum atomic E-state index is 0.189. The third-order valence-corrected chi connectivity index (χ3v) is 6.20. The number of hydrogen-bond donors (Lipinski definition) is 0. The highest BCUT2D eigenvalue weighted by atomic mass is 79.9. The van der Waals surface area contributed by atoms with Gasteiger partial charge in [0.15, 0.2) is 11.4 Å². The van der Waals surface area contributed by atoms with E-state index in [2.05, 4.69) is 33.9 Å². The second-order valence-electron chi connectivity index (χ2n) is 7.23. The van der Waals surface area contributed by atoms with E-state index in [-0.39, 0.29) is 5.15 Å². The summed E-state index contributed by atoms with van der Waals surface area (Å²) in [6.45, 7) is 2.41. The normalized spacial score (nSPS) is 11.0. The number of furan rings is 1. The maximum Gasteiger partial charge on any atom is 0.169 e. The number of para-hydroxylation sites is 1. The molecule has 2 heterocycles. The topological polar surface area (TPSA) is 71.8 Å². The third kappa shape index (κ3) is 4.04. The van der Waals surface area contributed by atoms with Gasteiger partial charge in [0.2, 0.25) is 0 Å². The van der Waals surface area contributed by atoms with Crippen LogP contribution in [0, 0.1) is 11.3 Å². The lowest BCUT2D eigenvalue weighted by molar-refractivity contribution is 0.111. The summed E-state index contributed by atoms with van der Waals surface area (Å²) in [6.07, 6.45) is 3.36. The van der Waals surface area contributed by atoms with Gasteiger partial charge in [-0.05, 0) is 46.1 Å². The van der Waals surface area contributed by atoms with Gasteiger partial charge in [0, 0.05) is 21.8 Å². The van der Waals surface area contributed by atoms with Crippen molar-refractivity contribution >= 4 is 44.8 Å². The van der Waals surface area contributed by atoms with Gasteiger partial charge in [0.05, 0.1) is 12.1 Å². The number of aromatic nitrogens is 2. The Morgan fingerprint density at radius 3 is 2.81 bits per heavy atom. The van der Waals surface area contributed by atoms with Gasteiger partial charge in [0.25, 0.3) is 0 Å². The third-order valence-electron chi connectivity index (χ3n) is 5.26. The van der Waals surface area contributed by atoms with Crippen molar-refractivity contribution in [3.8, 4) is 17.4 Å². The highest BCUT2D eigenvalue weighted by Crippen LogP contribution is 2.37. The maximum absolute atomic E-state index is 11.7. The molecular formula is C24H19BrClN3O2. The van der Waals surface area contributed by atoms with E-state index in [1.165, 1.54) is 0 Å². The predicted octanol–water partition coefficient (Wildman–Crippen LogP) is 6.79. The minimum Gasteiger partial charge on any atom is -0.456 e. The number of rotatable bonds is 7. The number of benzene rings is 2. The summed E-state index contributed by atoms with van der Waals surface area (Å²) in [7, 11) is 0. The number of unbranched alkanes of at least 4 members (excludes halogenated alkanes) is 1. The second kappa shape index (κ2) is 9.09. The lowest BCUT2D eigenvalue weighted by atomic mass is 9.99. The van der Waals surface area contributed by atoms with Crippen LogP contribution in [-0.2, 0) is 13.0 Å². The largest absolute Gasteiger partial charge is 0.456 e. The van der Waals surface area contributed by atoms with Crippen LogP contribution in [0.3, 0.4) is 0 Å². The molecule has 0 N–H and O–H groups in total. The Hall–Kier alpha value is -2.88. The summed E-state index contributed by atoms with van der Waals surface area (Å²) in [5.41, 5.74) is 3.01. The van der Waals surface area contributed by atoms with E-state index in [4.69, 9.17) is 16.0 Å². The van der Waals surface area contributed by atoms with E-state index in [1.807, 2.05) is 42.5 Å². The molecule has 156 valence electrons. The van der Waals surface area contributed by atoms with Gasteiger partial charge < -0.3 is 8.98 Å². The first-order chi connectivity index (χ1) is 15.1. The highest BCUT2D eigenvalue weighted by Gasteiger charge is 2.21. The van der Waals surface area contributed by atoms with Crippen LogP contribution in [0.15, 0.2) is 51.4 Å². The van der Waals surface area contributed by atoms with Gasteiger partial charge in [-0.2, -0.15) is 5.26 Å². The lowest BCUT2D eigenvalue weighted by Crippen LogP contribution is -2.10. The van der Waals surface area contributed by atoms with Crippen molar-refractivity contribution in [2.75, 3.05) is 0 Å². The fourth-order valence-electron chi connectivity index (χ4n) is 3.69. The van der Waals surface area contributed by atoms with Gasteiger partial charge in [-0.15, -0.1) is 0 Å². The summed E-state index contributed by atoms with van der Waals surface area (Å²) < 4.78 is 8.60. The van der Waals surface area contributed by atoms with E-state index in [9.17, 15) is 10.1 Å². The van der Waals surface area contributed by atoms with E-state index in [0.717, 1.165) is 46.0 Å². The van der Waals surface area contributed by atoms with Gasteiger partial charge in [-0.1, -0.05) is 49.2 Å². The molecule has 0 bridgehead atoms. The summed E-state index contributed by atoms with van der Waals surface area (Å²) in [5.74, 6) is 1.35. The first kappa shape index (κ1) is 21.4.